The van der Waals surface area contributed by atoms with Crippen molar-refractivity contribution in [1.29, 1.82) is 0 Å². The molecule has 0 saturated carbocycles. The van der Waals surface area contributed by atoms with Crippen molar-refractivity contribution in [2.24, 2.45) is 5.92 Å². The molecule has 0 saturated heterocycles. The lowest BCUT2D eigenvalue weighted by molar-refractivity contribution is 0.0994. The first-order valence-corrected chi connectivity index (χ1v) is 7.39. The Balaban J connectivity index is 2.08. The van der Waals surface area contributed by atoms with E-state index >= 15 is 0 Å². The van der Waals surface area contributed by atoms with E-state index < -0.39 is 0 Å². The van der Waals surface area contributed by atoms with Crippen molar-refractivity contribution >= 4 is 40.1 Å². The first kappa shape index (κ1) is 13.5. The monoisotopic (exact) mass is 282 g/mol. The highest BCUT2D eigenvalue weighted by molar-refractivity contribution is 7.99. The van der Waals surface area contributed by atoms with Gasteiger partial charge in [-0.25, -0.2) is 0 Å². The third-order valence-electron chi connectivity index (χ3n) is 2.44. The summed E-state index contributed by atoms with van der Waals surface area (Å²) in [6, 6.07) is 7.11. The van der Waals surface area contributed by atoms with Gasteiger partial charge in [0.25, 0.3) is 0 Å². The van der Waals surface area contributed by atoms with Crippen LogP contribution in [-0.4, -0.2) is 17.3 Å². The Kier molecular flexibility index (Phi) is 4.36. The van der Waals surface area contributed by atoms with Crippen LogP contribution in [-0.2, 0) is 0 Å². The van der Waals surface area contributed by atoms with E-state index in [-0.39, 0.29) is 5.78 Å². The normalized spacial score (nSPS) is 11.3. The van der Waals surface area contributed by atoms with Crippen LogP contribution in [0.25, 0.3) is 11.0 Å². The molecule has 2 rings (SSSR count). The van der Waals surface area contributed by atoms with Crippen LogP contribution in [0.4, 0.5) is 0 Å². The van der Waals surface area contributed by atoms with Crippen molar-refractivity contribution in [3.63, 3.8) is 0 Å². The fraction of sp³-hybridized carbons (Fsp3) is 0.357. The van der Waals surface area contributed by atoms with Crippen molar-refractivity contribution < 1.29 is 9.21 Å². The van der Waals surface area contributed by atoms with Crippen LogP contribution in [0.2, 0.25) is 5.02 Å². The van der Waals surface area contributed by atoms with Gasteiger partial charge in [0.05, 0.1) is 5.75 Å². The van der Waals surface area contributed by atoms with Crippen LogP contribution in [0.15, 0.2) is 28.7 Å². The Hall–Kier alpha value is -0.930. The van der Waals surface area contributed by atoms with Gasteiger partial charge in [0.1, 0.15) is 5.58 Å². The third kappa shape index (κ3) is 3.30. The predicted octanol–water partition coefficient (Wildman–Crippen LogP) is 4.66. The Labute approximate surface area is 116 Å². The Morgan fingerprint density at radius 1 is 1.39 bits per heavy atom. The van der Waals surface area contributed by atoms with Gasteiger partial charge in [-0.2, -0.15) is 11.8 Å². The van der Waals surface area contributed by atoms with Crippen LogP contribution in [0, 0.1) is 5.92 Å². The number of carbonyl (C=O) groups is 1. The van der Waals surface area contributed by atoms with Gasteiger partial charge >= 0.3 is 0 Å². The number of hydrogen-bond donors (Lipinski definition) is 0. The second-order valence-corrected chi connectivity index (χ2v) is 6.09. The van der Waals surface area contributed by atoms with Crippen LogP contribution in [0.5, 0.6) is 0 Å². The van der Waals surface area contributed by atoms with Crippen LogP contribution >= 0.6 is 23.4 Å². The number of hydrogen-bond acceptors (Lipinski definition) is 3. The molecular weight excluding hydrogens is 268 g/mol. The number of fused-ring (bicyclic) bond motifs is 1. The molecule has 96 valence electrons. The highest BCUT2D eigenvalue weighted by atomic mass is 35.5. The zero-order valence-electron chi connectivity index (χ0n) is 10.4. The number of benzene rings is 1. The summed E-state index contributed by atoms with van der Waals surface area (Å²) in [5.74, 6) is 2.50. The summed E-state index contributed by atoms with van der Waals surface area (Å²) in [4.78, 5) is 11.9. The Morgan fingerprint density at radius 2 is 2.17 bits per heavy atom. The van der Waals surface area contributed by atoms with Gasteiger partial charge in [-0.05, 0) is 35.9 Å². The van der Waals surface area contributed by atoms with Crippen LogP contribution in [0.1, 0.15) is 24.4 Å². The maximum atomic E-state index is 11.9. The molecule has 0 aliphatic heterocycles. The molecule has 1 heterocycles. The summed E-state index contributed by atoms with van der Waals surface area (Å²) in [6.45, 7) is 4.28. The molecular formula is C14H15ClO2S. The molecule has 0 fully saturated rings. The Bertz CT molecular complexity index is 560. The van der Waals surface area contributed by atoms with E-state index in [4.69, 9.17) is 16.0 Å². The van der Waals surface area contributed by atoms with Gasteiger partial charge in [0.15, 0.2) is 5.76 Å². The van der Waals surface area contributed by atoms with Gasteiger partial charge in [0, 0.05) is 10.4 Å². The van der Waals surface area contributed by atoms with Gasteiger partial charge < -0.3 is 4.42 Å². The number of furan rings is 1. The fourth-order valence-corrected chi connectivity index (χ4v) is 2.71. The number of rotatable bonds is 5. The molecule has 2 aromatic rings. The fourth-order valence-electron chi connectivity index (χ4n) is 1.61. The molecule has 0 N–H and O–H groups in total. The molecule has 0 aliphatic rings. The van der Waals surface area contributed by atoms with Crippen LogP contribution in [0.3, 0.4) is 0 Å². The average molecular weight is 283 g/mol. The first-order chi connectivity index (χ1) is 8.56. The summed E-state index contributed by atoms with van der Waals surface area (Å²) < 4.78 is 5.52. The number of Topliss-reactive ketones (excluding diaryl/α,β-unsaturated/α-hetero) is 1. The molecule has 0 aliphatic carbocycles. The quantitative estimate of drug-likeness (QED) is 0.747. The highest BCUT2D eigenvalue weighted by Crippen LogP contribution is 2.24. The van der Waals surface area contributed by atoms with Gasteiger partial charge in [-0.15, -0.1) is 0 Å². The number of carbonyl (C=O) groups excluding carboxylic acids is 1. The Morgan fingerprint density at radius 3 is 2.89 bits per heavy atom. The van der Waals surface area contributed by atoms with E-state index in [0.29, 0.717) is 28.0 Å². The standard InChI is InChI=1S/C14H15ClO2S/c1-9(2)7-18-8-12(16)14-6-10-5-11(15)3-4-13(10)17-14/h3-6,9H,7-8H2,1-2H3. The lowest BCUT2D eigenvalue weighted by atomic mass is 10.2. The number of ketones is 1. The maximum Gasteiger partial charge on any atom is 0.207 e. The minimum absolute atomic E-state index is 0.0352. The summed E-state index contributed by atoms with van der Waals surface area (Å²) in [6.07, 6.45) is 0. The second-order valence-electron chi connectivity index (χ2n) is 4.62. The minimum atomic E-state index is 0.0352. The topological polar surface area (TPSA) is 30.2 Å². The van der Waals surface area contributed by atoms with Crippen molar-refractivity contribution in [3.05, 3.63) is 35.0 Å². The third-order valence-corrected chi connectivity index (χ3v) is 4.04. The number of halogens is 1. The summed E-state index contributed by atoms with van der Waals surface area (Å²) in [5, 5.41) is 1.52. The maximum absolute atomic E-state index is 11.9. The highest BCUT2D eigenvalue weighted by Gasteiger charge is 2.12. The van der Waals surface area contributed by atoms with E-state index in [1.54, 1.807) is 36.0 Å². The van der Waals surface area contributed by atoms with Crippen molar-refractivity contribution in [1.82, 2.24) is 0 Å². The second kappa shape index (κ2) is 5.81. The van der Waals surface area contributed by atoms with E-state index in [1.165, 1.54) is 0 Å². The molecule has 0 radical (unpaired) electrons. The molecule has 1 aromatic heterocycles. The molecule has 0 spiro atoms. The lowest BCUT2D eigenvalue weighted by Crippen LogP contribution is -2.03. The minimum Gasteiger partial charge on any atom is -0.453 e. The van der Waals surface area contributed by atoms with E-state index in [1.807, 2.05) is 0 Å². The van der Waals surface area contributed by atoms with Gasteiger partial charge in [-0.3, -0.25) is 4.79 Å². The molecule has 0 unspecified atom stereocenters. The largest absolute Gasteiger partial charge is 0.453 e. The zero-order valence-corrected chi connectivity index (χ0v) is 12.0. The van der Waals surface area contributed by atoms with Crippen molar-refractivity contribution in [2.45, 2.75) is 13.8 Å². The molecule has 0 atom stereocenters. The molecule has 18 heavy (non-hydrogen) atoms. The van der Waals surface area contributed by atoms with Gasteiger partial charge in [-0.1, -0.05) is 25.4 Å². The van der Waals surface area contributed by atoms with Crippen molar-refractivity contribution in [3.8, 4) is 0 Å². The van der Waals surface area contributed by atoms with E-state index in [2.05, 4.69) is 13.8 Å². The van der Waals surface area contributed by atoms with Crippen LogP contribution < -0.4 is 0 Å². The molecule has 4 heteroatoms. The van der Waals surface area contributed by atoms with Crippen molar-refractivity contribution in [2.75, 3.05) is 11.5 Å². The average Bonchev–Trinajstić information content (AvgIpc) is 2.71. The lowest BCUT2D eigenvalue weighted by Gasteiger charge is -2.01. The SMILES string of the molecule is CC(C)CSCC(=O)c1cc2cc(Cl)ccc2o1. The summed E-state index contributed by atoms with van der Waals surface area (Å²) in [5.41, 5.74) is 0.705. The molecule has 2 nitrogen and oxygen atoms in total. The molecule has 0 bridgehead atoms. The zero-order chi connectivity index (χ0) is 13.1. The number of thioether (sulfide) groups is 1. The van der Waals surface area contributed by atoms with E-state index in [0.717, 1.165) is 11.1 Å². The molecule has 0 amide bonds. The summed E-state index contributed by atoms with van der Waals surface area (Å²) in [7, 11) is 0. The smallest absolute Gasteiger partial charge is 0.207 e. The molecule has 1 aromatic carbocycles. The van der Waals surface area contributed by atoms with E-state index in [9.17, 15) is 4.79 Å². The van der Waals surface area contributed by atoms with Gasteiger partial charge in [0.2, 0.25) is 5.78 Å². The summed E-state index contributed by atoms with van der Waals surface area (Å²) >= 11 is 7.54. The first-order valence-electron chi connectivity index (χ1n) is 5.86. The predicted molar refractivity (Wildman–Crippen MR) is 77.7 cm³/mol.